The third kappa shape index (κ3) is 3.71. The number of para-hydroxylation sites is 1. The molecule has 5 nitrogen and oxygen atoms in total. The predicted molar refractivity (Wildman–Crippen MR) is 121 cm³/mol. The first-order chi connectivity index (χ1) is 15.1. The minimum Gasteiger partial charge on any atom is -0.272 e. The summed E-state index contributed by atoms with van der Waals surface area (Å²) in [5.41, 5.74) is 2.37. The molecule has 5 rings (SSSR count). The van der Waals surface area contributed by atoms with Gasteiger partial charge in [-0.05, 0) is 41.5 Å². The molecule has 8 heteroatoms. The van der Waals surface area contributed by atoms with Crippen LogP contribution in [0.4, 0.5) is 4.39 Å². The zero-order valence-corrected chi connectivity index (χ0v) is 17.8. The number of nitrogens with zero attached hydrogens (tertiary/aromatic N) is 4. The highest BCUT2D eigenvalue weighted by Gasteiger charge is 2.17. The first-order valence-corrected chi connectivity index (χ1v) is 11.0. The quantitative estimate of drug-likeness (QED) is 0.346. The predicted octanol–water partition coefficient (Wildman–Crippen LogP) is 5.18. The molecule has 0 unspecified atom stereocenters. The molecule has 0 aliphatic carbocycles. The molecule has 0 amide bonds. The van der Waals surface area contributed by atoms with E-state index in [1.54, 1.807) is 22.8 Å². The van der Waals surface area contributed by atoms with Crippen LogP contribution in [-0.2, 0) is 12.3 Å². The van der Waals surface area contributed by atoms with Crippen molar-refractivity contribution in [3.8, 4) is 0 Å². The Morgan fingerprint density at radius 1 is 0.935 bits per heavy atom. The smallest absolute Gasteiger partial charge is 0.263 e. The zero-order chi connectivity index (χ0) is 21.4. The maximum atomic E-state index is 13.3. The largest absolute Gasteiger partial charge is 0.272 e. The van der Waals surface area contributed by atoms with Crippen molar-refractivity contribution in [1.29, 1.82) is 0 Å². The van der Waals surface area contributed by atoms with Crippen LogP contribution in [0.3, 0.4) is 0 Å². The van der Waals surface area contributed by atoms with E-state index >= 15 is 0 Å². The van der Waals surface area contributed by atoms with Crippen molar-refractivity contribution >= 4 is 40.0 Å². The van der Waals surface area contributed by atoms with Crippen molar-refractivity contribution < 1.29 is 4.39 Å². The van der Waals surface area contributed by atoms with E-state index in [-0.39, 0.29) is 17.9 Å². The molecule has 0 atom stereocenters. The SMILES string of the molecule is O=c1c2ccccc2n2c(SCc3ccccc3Cl)nnc2n1Cc1ccc(F)cc1. The molecule has 2 heterocycles. The number of hydrogen-bond acceptors (Lipinski definition) is 4. The first-order valence-electron chi connectivity index (χ1n) is 9.59. The summed E-state index contributed by atoms with van der Waals surface area (Å²) in [5.74, 6) is 0.737. The van der Waals surface area contributed by atoms with Gasteiger partial charge in [0.2, 0.25) is 5.78 Å². The molecular weight excluding hydrogens is 435 g/mol. The molecule has 3 aromatic carbocycles. The number of benzene rings is 3. The number of aromatic nitrogens is 4. The summed E-state index contributed by atoms with van der Waals surface area (Å²) in [6.07, 6.45) is 0. The Morgan fingerprint density at radius 3 is 2.48 bits per heavy atom. The van der Waals surface area contributed by atoms with Gasteiger partial charge >= 0.3 is 0 Å². The number of thioether (sulfide) groups is 1. The molecule has 0 fully saturated rings. The van der Waals surface area contributed by atoms with Crippen LogP contribution >= 0.6 is 23.4 Å². The van der Waals surface area contributed by atoms with Gasteiger partial charge in [0, 0.05) is 10.8 Å². The fraction of sp³-hybridized carbons (Fsp3) is 0.0870. The van der Waals surface area contributed by atoms with Gasteiger partial charge in [-0.3, -0.25) is 13.8 Å². The topological polar surface area (TPSA) is 52.2 Å². The Labute approximate surface area is 186 Å². The van der Waals surface area contributed by atoms with E-state index in [2.05, 4.69) is 10.2 Å². The number of rotatable bonds is 5. The van der Waals surface area contributed by atoms with Gasteiger partial charge in [-0.15, -0.1) is 10.2 Å². The summed E-state index contributed by atoms with van der Waals surface area (Å²) in [6.45, 7) is 0.265. The van der Waals surface area contributed by atoms with Crippen molar-refractivity contribution in [2.24, 2.45) is 0 Å². The maximum Gasteiger partial charge on any atom is 0.263 e. The van der Waals surface area contributed by atoms with Crippen molar-refractivity contribution in [2.45, 2.75) is 17.5 Å². The summed E-state index contributed by atoms with van der Waals surface area (Å²) >= 11 is 7.80. The monoisotopic (exact) mass is 450 g/mol. The molecule has 2 aromatic heterocycles. The third-order valence-electron chi connectivity index (χ3n) is 5.05. The second kappa shape index (κ2) is 8.17. The molecule has 0 bridgehead atoms. The fourth-order valence-electron chi connectivity index (χ4n) is 3.50. The summed E-state index contributed by atoms with van der Waals surface area (Å²) in [4.78, 5) is 13.2. The van der Waals surface area contributed by atoms with E-state index in [9.17, 15) is 9.18 Å². The first kappa shape index (κ1) is 19.8. The second-order valence-corrected chi connectivity index (χ2v) is 8.38. The summed E-state index contributed by atoms with van der Waals surface area (Å²) < 4.78 is 16.8. The Balaban J connectivity index is 1.64. The van der Waals surface area contributed by atoms with E-state index in [1.165, 1.54) is 23.9 Å². The van der Waals surface area contributed by atoms with Crippen LogP contribution in [0.2, 0.25) is 5.02 Å². The molecule has 0 spiro atoms. The van der Waals surface area contributed by atoms with Crippen LogP contribution in [0.15, 0.2) is 82.7 Å². The van der Waals surface area contributed by atoms with Gasteiger partial charge in [0.25, 0.3) is 5.56 Å². The molecule has 31 heavy (non-hydrogen) atoms. The van der Waals surface area contributed by atoms with Crippen LogP contribution in [-0.4, -0.2) is 19.2 Å². The van der Waals surface area contributed by atoms with Crippen molar-refractivity contribution in [2.75, 3.05) is 0 Å². The van der Waals surface area contributed by atoms with Gasteiger partial charge in [-0.25, -0.2) is 4.39 Å². The second-order valence-electron chi connectivity index (χ2n) is 7.03. The molecular formula is C23H16ClFN4OS. The average molecular weight is 451 g/mol. The lowest BCUT2D eigenvalue weighted by Gasteiger charge is -2.11. The number of halogens is 2. The molecule has 0 N–H and O–H groups in total. The van der Waals surface area contributed by atoms with Gasteiger partial charge in [0.05, 0.1) is 17.4 Å². The Hall–Kier alpha value is -3.16. The van der Waals surface area contributed by atoms with Crippen LogP contribution in [0.25, 0.3) is 16.7 Å². The Bertz CT molecular complexity index is 1460. The summed E-state index contributed by atoms with van der Waals surface area (Å²) in [5, 5.41) is 10.6. The van der Waals surface area contributed by atoms with Crippen LogP contribution in [0.5, 0.6) is 0 Å². The molecule has 0 saturated carbocycles. The van der Waals surface area contributed by atoms with Crippen LogP contribution < -0.4 is 5.56 Å². The van der Waals surface area contributed by atoms with E-state index < -0.39 is 0 Å². The highest BCUT2D eigenvalue weighted by Crippen LogP contribution is 2.27. The van der Waals surface area contributed by atoms with Gasteiger partial charge in [-0.2, -0.15) is 0 Å². The van der Waals surface area contributed by atoms with Crippen LogP contribution in [0, 0.1) is 5.82 Å². The van der Waals surface area contributed by atoms with Crippen molar-refractivity contribution in [3.63, 3.8) is 0 Å². The van der Waals surface area contributed by atoms with Crippen LogP contribution in [0.1, 0.15) is 11.1 Å². The standard InChI is InChI=1S/C23H16ClFN4OS/c24-19-7-3-1-5-16(19)14-31-23-27-26-22-28(13-15-9-11-17(25)12-10-15)21(30)18-6-2-4-8-20(18)29(22)23/h1-12H,13-14H2. The lowest BCUT2D eigenvalue weighted by Crippen LogP contribution is -2.24. The molecule has 0 aliphatic rings. The minimum atomic E-state index is -0.319. The molecule has 154 valence electrons. The normalized spacial score (nSPS) is 11.4. The van der Waals surface area contributed by atoms with E-state index in [0.717, 1.165) is 16.6 Å². The molecule has 0 radical (unpaired) electrons. The highest BCUT2D eigenvalue weighted by molar-refractivity contribution is 7.98. The van der Waals surface area contributed by atoms with E-state index in [4.69, 9.17) is 11.6 Å². The van der Waals surface area contributed by atoms with Gasteiger partial charge in [0.1, 0.15) is 5.82 Å². The lowest BCUT2D eigenvalue weighted by atomic mass is 10.2. The number of hydrogen-bond donors (Lipinski definition) is 0. The van der Waals surface area contributed by atoms with Gasteiger partial charge in [-0.1, -0.05) is 65.8 Å². The van der Waals surface area contributed by atoms with Crippen molar-refractivity contribution in [3.05, 3.63) is 105 Å². The maximum absolute atomic E-state index is 13.3. The summed E-state index contributed by atoms with van der Waals surface area (Å²) in [7, 11) is 0. The highest BCUT2D eigenvalue weighted by atomic mass is 35.5. The number of fused-ring (bicyclic) bond motifs is 3. The molecule has 0 saturated heterocycles. The minimum absolute atomic E-state index is 0.164. The van der Waals surface area contributed by atoms with Gasteiger partial charge < -0.3 is 0 Å². The Kier molecular flexibility index (Phi) is 5.21. The summed E-state index contributed by atoms with van der Waals surface area (Å²) in [6, 6.07) is 21.1. The lowest BCUT2D eigenvalue weighted by molar-refractivity contribution is 0.626. The van der Waals surface area contributed by atoms with Crippen molar-refractivity contribution in [1.82, 2.24) is 19.2 Å². The Morgan fingerprint density at radius 2 is 1.68 bits per heavy atom. The fourth-order valence-corrected chi connectivity index (χ4v) is 4.73. The molecule has 5 aromatic rings. The van der Waals surface area contributed by atoms with E-state index in [0.29, 0.717) is 27.1 Å². The molecule has 0 aliphatic heterocycles. The average Bonchev–Trinajstić information content (AvgIpc) is 3.21. The van der Waals surface area contributed by atoms with Gasteiger partial charge in [0.15, 0.2) is 5.16 Å². The zero-order valence-electron chi connectivity index (χ0n) is 16.2. The third-order valence-corrected chi connectivity index (χ3v) is 6.39. The van der Waals surface area contributed by atoms with E-state index in [1.807, 2.05) is 46.9 Å².